The number of likely N-dealkylation sites (N-methyl/N-ethyl adjacent to an activating group) is 1. The molecule has 0 spiro atoms. The summed E-state index contributed by atoms with van der Waals surface area (Å²) >= 11 is 1.76. The smallest absolute Gasteiger partial charge is 0.185 e. The Hall–Kier alpha value is -0.650. The van der Waals surface area contributed by atoms with Gasteiger partial charge in [-0.25, -0.2) is 4.98 Å². The van der Waals surface area contributed by atoms with Crippen LogP contribution in [0.15, 0.2) is 5.38 Å². The molecule has 0 bridgehead atoms. The molecule has 5 heteroatoms. The largest absolute Gasteiger partial charge is 0.346 e. The molecule has 0 aromatic carbocycles. The molecule has 1 aliphatic heterocycles. The summed E-state index contributed by atoms with van der Waals surface area (Å²) < 4.78 is 0. The van der Waals surface area contributed by atoms with Gasteiger partial charge in [-0.15, -0.1) is 11.3 Å². The van der Waals surface area contributed by atoms with Gasteiger partial charge in [0.1, 0.15) is 0 Å². The summed E-state index contributed by atoms with van der Waals surface area (Å²) in [5.41, 5.74) is 1.16. The predicted octanol–water partition coefficient (Wildman–Crippen LogP) is 1.57. The molecule has 1 aliphatic rings. The van der Waals surface area contributed by atoms with Gasteiger partial charge in [-0.2, -0.15) is 0 Å². The molecule has 1 N–H and O–H groups in total. The van der Waals surface area contributed by atoms with E-state index < -0.39 is 0 Å². The van der Waals surface area contributed by atoms with E-state index >= 15 is 0 Å². The SMILES string of the molecule is CCN1CCN(c2nc(C(C)NC)cs2)CC1. The Labute approximate surface area is 108 Å². The van der Waals surface area contributed by atoms with Crippen LogP contribution < -0.4 is 10.2 Å². The molecule has 0 saturated carbocycles. The number of nitrogens with zero attached hydrogens (tertiary/aromatic N) is 3. The maximum atomic E-state index is 4.72. The lowest BCUT2D eigenvalue weighted by Gasteiger charge is -2.33. The van der Waals surface area contributed by atoms with E-state index in [0.717, 1.165) is 38.4 Å². The lowest BCUT2D eigenvalue weighted by molar-refractivity contribution is 0.271. The molecule has 0 aliphatic carbocycles. The third kappa shape index (κ3) is 2.97. The van der Waals surface area contributed by atoms with Crippen molar-refractivity contribution in [2.45, 2.75) is 19.9 Å². The first-order chi connectivity index (χ1) is 8.24. The van der Waals surface area contributed by atoms with E-state index in [1.165, 1.54) is 5.13 Å². The van der Waals surface area contributed by atoms with Crippen molar-refractivity contribution in [2.24, 2.45) is 0 Å². The number of hydrogen-bond acceptors (Lipinski definition) is 5. The molecule has 1 aromatic rings. The molecule has 1 atom stereocenters. The summed E-state index contributed by atoms with van der Waals surface area (Å²) in [5.74, 6) is 0. The number of rotatable bonds is 4. The molecular weight excluding hydrogens is 232 g/mol. The minimum atomic E-state index is 0.344. The highest BCUT2D eigenvalue weighted by Crippen LogP contribution is 2.24. The molecule has 1 fully saturated rings. The van der Waals surface area contributed by atoms with Crippen molar-refractivity contribution in [3.05, 3.63) is 11.1 Å². The van der Waals surface area contributed by atoms with Gasteiger partial charge in [0, 0.05) is 37.6 Å². The van der Waals surface area contributed by atoms with Crippen LogP contribution in [-0.2, 0) is 0 Å². The predicted molar refractivity (Wildman–Crippen MR) is 73.9 cm³/mol. The van der Waals surface area contributed by atoms with Crippen molar-refractivity contribution < 1.29 is 0 Å². The quantitative estimate of drug-likeness (QED) is 0.884. The molecule has 1 saturated heterocycles. The van der Waals surface area contributed by atoms with Crippen LogP contribution in [0.2, 0.25) is 0 Å². The fourth-order valence-electron chi connectivity index (χ4n) is 2.02. The van der Waals surface area contributed by atoms with Crippen molar-refractivity contribution in [3.8, 4) is 0 Å². The van der Waals surface area contributed by atoms with Gasteiger partial charge >= 0.3 is 0 Å². The molecule has 4 nitrogen and oxygen atoms in total. The normalized spacial score (nSPS) is 19.6. The maximum Gasteiger partial charge on any atom is 0.185 e. The van der Waals surface area contributed by atoms with Crippen molar-refractivity contribution in [2.75, 3.05) is 44.7 Å². The van der Waals surface area contributed by atoms with Crippen LogP contribution in [0.5, 0.6) is 0 Å². The Kier molecular flexibility index (Phi) is 4.36. The molecule has 0 amide bonds. The van der Waals surface area contributed by atoms with Crippen LogP contribution >= 0.6 is 11.3 Å². The molecule has 0 radical (unpaired) electrons. The maximum absolute atomic E-state index is 4.72. The molecular formula is C12H22N4S. The molecule has 2 rings (SSSR count). The standard InChI is InChI=1S/C12H22N4S/c1-4-15-5-7-16(8-6-15)12-14-11(9-17-12)10(2)13-3/h9-10,13H,4-8H2,1-3H3. The van der Waals surface area contributed by atoms with Gasteiger partial charge in [0.25, 0.3) is 0 Å². The Morgan fingerprint density at radius 1 is 1.41 bits per heavy atom. The lowest BCUT2D eigenvalue weighted by atomic mass is 10.3. The summed E-state index contributed by atoms with van der Waals surface area (Å²) in [7, 11) is 1.98. The van der Waals surface area contributed by atoms with Crippen LogP contribution in [0.1, 0.15) is 25.6 Å². The highest BCUT2D eigenvalue weighted by molar-refractivity contribution is 7.13. The molecule has 96 valence electrons. The van der Waals surface area contributed by atoms with Crippen molar-refractivity contribution >= 4 is 16.5 Å². The van der Waals surface area contributed by atoms with Gasteiger partial charge in [-0.3, -0.25) is 0 Å². The topological polar surface area (TPSA) is 31.4 Å². The van der Waals surface area contributed by atoms with Crippen LogP contribution in [0.4, 0.5) is 5.13 Å². The summed E-state index contributed by atoms with van der Waals surface area (Å²) in [6.45, 7) is 10.1. The van der Waals surface area contributed by atoms with Gasteiger partial charge in [0.15, 0.2) is 5.13 Å². The van der Waals surface area contributed by atoms with E-state index in [4.69, 9.17) is 4.98 Å². The molecule has 2 heterocycles. The first-order valence-electron chi connectivity index (χ1n) is 6.34. The van der Waals surface area contributed by atoms with Crippen LogP contribution in [0, 0.1) is 0 Å². The summed E-state index contributed by atoms with van der Waals surface area (Å²) in [6.07, 6.45) is 0. The van der Waals surface area contributed by atoms with Crippen molar-refractivity contribution in [3.63, 3.8) is 0 Å². The second-order valence-electron chi connectivity index (χ2n) is 4.49. The van der Waals surface area contributed by atoms with Crippen molar-refractivity contribution in [1.29, 1.82) is 0 Å². The van der Waals surface area contributed by atoms with Gasteiger partial charge in [0.05, 0.1) is 5.69 Å². The van der Waals surface area contributed by atoms with E-state index in [-0.39, 0.29) is 0 Å². The number of thiazole rings is 1. The van der Waals surface area contributed by atoms with Crippen molar-refractivity contribution in [1.82, 2.24) is 15.2 Å². The average Bonchev–Trinajstić information content (AvgIpc) is 2.87. The second kappa shape index (κ2) is 5.80. The van der Waals surface area contributed by atoms with Gasteiger partial charge < -0.3 is 15.1 Å². The number of aromatic nitrogens is 1. The highest BCUT2D eigenvalue weighted by atomic mass is 32.1. The van der Waals surface area contributed by atoms with Gasteiger partial charge in [0.2, 0.25) is 0 Å². The summed E-state index contributed by atoms with van der Waals surface area (Å²) in [5, 5.41) is 6.58. The number of nitrogens with one attached hydrogen (secondary N) is 1. The van der Waals surface area contributed by atoms with E-state index in [1.54, 1.807) is 11.3 Å². The van der Waals surface area contributed by atoms with E-state index in [0.29, 0.717) is 6.04 Å². The van der Waals surface area contributed by atoms with E-state index in [1.807, 2.05) is 7.05 Å². The summed E-state index contributed by atoms with van der Waals surface area (Å²) in [6, 6.07) is 0.344. The van der Waals surface area contributed by atoms with Crippen LogP contribution in [-0.4, -0.2) is 49.7 Å². The Balaban J connectivity index is 1.97. The first kappa shape index (κ1) is 12.8. The molecule has 1 unspecified atom stereocenters. The zero-order valence-electron chi connectivity index (χ0n) is 10.9. The average molecular weight is 254 g/mol. The second-order valence-corrected chi connectivity index (χ2v) is 5.32. The minimum Gasteiger partial charge on any atom is -0.346 e. The third-order valence-corrected chi connectivity index (χ3v) is 4.40. The minimum absolute atomic E-state index is 0.344. The number of piperazine rings is 1. The fraction of sp³-hybridized carbons (Fsp3) is 0.750. The zero-order chi connectivity index (χ0) is 12.3. The van der Waals surface area contributed by atoms with Crippen LogP contribution in [0.25, 0.3) is 0 Å². The van der Waals surface area contributed by atoms with E-state index in [9.17, 15) is 0 Å². The third-order valence-electron chi connectivity index (χ3n) is 3.48. The molecule has 17 heavy (non-hydrogen) atoms. The number of anilines is 1. The van der Waals surface area contributed by atoms with E-state index in [2.05, 4.69) is 34.3 Å². The Morgan fingerprint density at radius 2 is 2.12 bits per heavy atom. The Bertz CT molecular complexity index is 344. The zero-order valence-corrected chi connectivity index (χ0v) is 11.8. The lowest BCUT2D eigenvalue weighted by Crippen LogP contribution is -2.46. The molecule has 1 aromatic heterocycles. The summed E-state index contributed by atoms with van der Waals surface area (Å²) in [4.78, 5) is 9.61. The fourth-order valence-corrected chi connectivity index (χ4v) is 3.00. The van der Waals surface area contributed by atoms with Gasteiger partial charge in [-0.05, 0) is 20.5 Å². The van der Waals surface area contributed by atoms with Gasteiger partial charge in [-0.1, -0.05) is 6.92 Å². The first-order valence-corrected chi connectivity index (χ1v) is 7.22. The Morgan fingerprint density at radius 3 is 2.71 bits per heavy atom. The monoisotopic (exact) mass is 254 g/mol. The van der Waals surface area contributed by atoms with Crippen LogP contribution in [0.3, 0.4) is 0 Å². The highest BCUT2D eigenvalue weighted by Gasteiger charge is 2.19. The number of hydrogen-bond donors (Lipinski definition) is 1.